The standard InChI is InChI=1S/C15H14N2/c1-3-5-10-14(9-4-2)16-13-17-15-11-7-6-8-12-15/h3-12H,1-2H2/b10-5-,14-9+. The van der Waals surface area contributed by atoms with E-state index in [1.165, 1.54) is 0 Å². The normalized spacial score (nSPS) is 10.7. The molecule has 2 nitrogen and oxygen atoms in total. The van der Waals surface area contributed by atoms with Gasteiger partial charge in [0.2, 0.25) is 0 Å². The Balaban J connectivity index is 2.83. The Kier molecular flexibility index (Phi) is 5.79. The lowest BCUT2D eigenvalue weighted by atomic mass is 10.3. The summed E-state index contributed by atoms with van der Waals surface area (Å²) in [6.45, 7) is 7.22. The number of hydrogen-bond donors (Lipinski definition) is 0. The van der Waals surface area contributed by atoms with E-state index in [-0.39, 0.29) is 0 Å². The molecule has 0 fully saturated rings. The number of benzene rings is 1. The number of para-hydroxylation sites is 1. The third kappa shape index (κ3) is 5.26. The van der Waals surface area contributed by atoms with Crippen molar-refractivity contribution in [2.75, 3.05) is 0 Å². The first-order chi connectivity index (χ1) is 8.36. The molecule has 0 aliphatic heterocycles. The molecule has 0 atom stereocenters. The van der Waals surface area contributed by atoms with Crippen molar-refractivity contribution < 1.29 is 0 Å². The van der Waals surface area contributed by atoms with E-state index in [9.17, 15) is 0 Å². The van der Waals surface area contributed by atoms with Crippen LogP contribution >= 0.6 is 0 Å². The third-order valence-electron chi connectivity index (χ3n) is 1.81. The molecule has 0 saturated carbocycles. The van der Waals surface area contributed by atoms with E-state index < -0.39 is 0 Å². The quantitative estimate of drug-likeness (QED) is 0.524. The van der Waals surface area contributed by atoms with Gasteiger partial charge in [0.1, 0.15) is 6.01 Å². The van der Waals surface area contributed by atoms with Crippen LogP contribution in [0.3, 0.4) is 0 Å². The summed E-state index contributed by atoms with van der Waals surface area (Å²) >= 11 is 0. The van der Waals surface area contributed by atoms with Crippen molar-refractivity contribution in [3.8, 4) is 0 Å². The average molecular weight is 222 g/mol. The maximum Gasteiger partial charge on any atom is 0.100 e. The molecule has 1 aromatic carbocycles. The Labute approximate surface area is 102 Å². The lowest BCUT2D eigenvalue weighted by molar-refractivity contribution is 1.41. The average Bonchev–Trinajstić information content (AvgIpc) is 2.37. The molecule has 2 heteroatoms. The molecule has 0 bridgehead atoms. The van der Waals surface area contributed by atoms with E-state index in [2.05, 4.69) is 29.2 Å². The summed E-state index contributed by atoms with van der Waals surface area (Å²) in [7, 11) is 0. The Bertz CT molecular complexity index is 487. The second-order valence-electron chi connectivity index (χ2n) is 3.08. The van der Waals surface area contributed by atoms with Gasteiger partial charge in [-0.05, 0) is 24.3 Å². The van der Waals surface area contributed by atoms with Crippen LogP contribution < -0.4 is 0 Å². The lowest BCUT2D eigenvalue weighted by Crippen LogP contribution is -1.70. The maximum atomic E-state index is 4.08. The summed E-state index contributed by atoms with van der Waals surface area (Å²) in [5.41, 5.74) is 1.54. The van der Waals surface area contributed by atoms with E-state index in [1.807, 2.05) is 36.4 Å². The molecule has 0 spiro atoms. The van der Waals surface area contributed by atoms with Gasteiger partial charge in [0.25, 0.3) is 0 Å². The van der Waals surface area contributed by atoms with Crippen molar-refractivity contribution in [2.24, 2.45) is 9.98 Å². The molecule has 0 N–H and O–H groups in total. The zero-order chi connectivity index (χ0) is 12.3. The molecule has 0 amide bonds. The predicted molar refractivity (Wildman–Crippen MR) is 73.6 cm³/mol. The van der Waals surface area contributed by atoms with Gasteiger partial charge in [0, 0.05) is 0 Å². The van der Waals surface area contributed by atoms with Crippen LogP contribution in [-0.2, 0) is 0 Å². The van der Waals surface area contributed by atoms with Gasteiger partial charge in [-0.1, -0.05) is 49.6 Å². The number of aliphatic imine (C=N–C) groups is 2. The van der Waals surface area contributed by atoms with Crippen molar-refractivity contribution in [3.63, 3.8) is 0 Å². The SMILES string of the molecule is C=C/C=C\C(=C/C=C)N=C=Nc1ccccc1. The summed E-state index contributed by atoms with van der Waals surface area (Å²) in [4.78, 5) is 8.17. The van der Waals surface area contributed by atoms with Crippen molar-refractivity contribution in [3.05, 3.63) is 79.6 Å². The first-order valence-corrected chi connectivity index (χ1v) is 5.20. The molecule has 0 aliphatic carbocycles. The van der Waals surface area contributed by atoms with E-state index in [0.29, 0.717) is 0 Å². The number of nitrogens with zero attached hydrogens (tertiary/aromatic N) is 2. The topological polar surface area (TPSA) is 24.7 Å². The van der Waals surface area contributed by atoms with Gasteiger partial charge in [0.15, 0.2) is 0 Å². The highest BCUT2D eigenvalue weighted by Gasteiger charge is 1.84. The largest absolute Gasteiger partial charge is 0.188 e. The molecular weight excluding hydrogens is 208 g/mol. The number of allylic oxidation sites excluding steroid dienone is 5. The zero-order valence-corrected chi connectivity index (χ0v) is 9.58. The molecule has 0 radical (unpaired) electrons. The van der Waals surface area contributed by atoms with Crippen molar-refractivity contribution >= 4 is 11.7 Å². The van der Waals surface area contributed by atoms with Crippen LogP contribution in [0.25, 0.3) is 0 Å². The van der Waals surface area contributed by atoms with Gasteiger partial charge in [-0.25, -0.2) is 0 Å². The van der Waals surface area contributed by atoms with Gasteiger partial charge >= 0.3 is 0 Å². The second kappa shape index (κ2) is 7.80. The van der Waals surface area contributed by atoms with E-state index >= 15 is 0 Å². The van der Waals surface area contributed by atoms with Gasteiger partial charge in [-0.2, -0.15) is 9.98 Å². The Morgan fingerprint density at radius 1 is 1.12 bits per heavy atom. The first kappa shape index (κ1) is 12.6. The first-order valence-electron chi connectivity index (χ1n) is 5.20. The van der Waals surface area contributed by atoms with Crippen LogP contribution in [-0.4, -0.2) is 6.01 Å². The third-order valence-corrected chi connectivity index (χ3v) is 1.81. The van der Waals surface area contributed by atoms with Crippen LogP contribution in [0.2, 0.25) is 0 Å². The van der Waals surface area contributed by atoms with Gasteiger partial charge < -0.3 is 0 Å². The summed E-state index contributed by atoms with van der Waals surface area (Å²) < 4.78 is 0. The van der Waals surface area contributed by atoms with E-state index in [1.54, 1.807) is 24.3 Å². The van der Waals surface area contributed by atoms with Crippen LogP contribution in [0.1, 0.15) is 0 Å². The summed E-state index contributed by atoms with van der Waals surface area (Å²) in [6, 6.07) is 12.2. The lowest BCUT2D eigenvalue weighted by Gasteiger charge is -1.88. The van der Waals surface area contributed by atoms with Crippen molar-refractivity contribution in [1.82, 2.24) is 0 Å². The Morgan fingerprint density at radius 3 is 2.53 bits per heavy atom. The van der Waals surface area contributed by atoms with Crippen LogP contribution in [0.4, 0.5) is 5.69 Å². The van der Waals surface area contributed by atoms with Gasteiger partial charge in [-0.3, -0.25) is 0 Å². The minimum absolute atomic E-state index is 0.722. The minimum atomic E-state index is 0.722. The number of rotatable bonds is 5. The zero-order valence-electron chi connectivity index (χ0n) is 9.58. The highest BCUT2D eigenvalue weighted by molar-refractivity contribution is 5.54. The molecule has 0 heterocycles. The maximum absolute atomic E-state index is 4.08. The van der Waals surface area contributed by atoms with Gasteiger partial charge in [0.05, 0.1) is 11.4 Å². The summed E-state index contributed by atoms with van der Waals surface area (Å²) in [6.07, 6.45) is 8.72. The van der Waals surface area contributed by atoms with E-state index in [0.717, 1.165) is 11.4 Å². The van der Waals surface area contributed by atoms with Crippen LogP contribution in [0, 0.1) is 0 Å². The highest BCUT2D eigenvalue weighted by atomic mass is 14.8. The smallest absolute Gasteiger partial charge is 0.100 e. The predicted octanol–water partition coefficient (Wildman–Crippen LogP) is 4.30. The van der Waals surface area contributed by atoms with Crippen molar-refractivity contribution in [2.45, 2.75) is 0 Å². The molecular formula is C15H14N2. The minimum Gasteiger partial charge on any atom is -0.188 e. The van der Waals surface area contributed by atoms with Crippen LogP contribution in [0.5, 0.6) is 0 Å². The van der Waals surface area contributed by atoms with Crippen LogP contribution in [0.15, 0.2) is 89.6 Å². The van der Waals surface area contributed by atoms with Gasteiger partial charge in [-0.15, -0.1) is 0 Å². The molecule has 1 rings (SSSR count). The fraction of sp³-hybridized carbons (Fsp3) is 0. The van der Waals surface area contributed by atoms with Crippen molar-refractivity contribution in [1.29, 1.82) is 0 Å². The molecule has 0 aliphatic rings. The Hall–Kier alpha value is -2.44. The fourth-order valence-corrected chi connectivity index (χ4v) is 1.06. The molecule has 0 unspecified atom stereocenters. The molecule has 0 aromatic heterocycles. The number of hydrogen-bond acceptors (Lipinski definition) is 2. The molecule has 0 saturated heterocycles. The Morgan fingerprint density at radius 2 is 1.88 bits per heavy atom. The molecule has 84 valence electrons. The summed E-state index contributed by atoms with van der Waals surface area (Å²) in [5, 5.41) is 0. The highest BCUT2D eigenvalue weighted by Crippen LogP contribution is 2.08. The molecule has 1 aromatic rings. The van der Waals surface area contributed by atoms with E-state index in [4.69, 9.17) is 0 Å². The summed E-state index contributed by atoms with van der Waals surface area (Å²) in [5.74, 6) is 0. The monoisotopic (exact) mass is 222 g/mol. The molecule has 17 heavy (non-hydrogen) atoms. The fourth-order valence-electron chi connectivity index (χ4n) is 1.06. The second-order valence-corrected chi connectivity index (χ2v) is 3.08.